The third-order valence-electron chi connectivity index (χ3n) is 2.98. The second-order valence-electron chi connectivity index (χ2n) is 5.90. The quantitative estimate of drug-likeness (QED) is 0.176. The lowest BCUT2D eigenvalue weighted by Gasteiger charge is -2.09. The SMILES string of the molecule is C=C(C)C(=O)OCCOCCOCCOCCOCCOCCOC(C)C. The van der Waals surface area contributed by atoms with E-state index < -0.39 is 5.97 Å². The number of hydrogen-bond acceptors (Lipinski definition) is 8. The summed E-state index contributed by atoms with van der Waals surface area (Å²) in [6.45, 7) is 14.9. The van der Waals surface area contributed by atoms with Crippen molar-refractivity contribution in [1.29, 1.82) is 0 Å². The summed E-state index contributed by atoms with van der Waals surface area (Å²) in [5.41, 5.74) is 0.379. The summed E-state index contributed by atoms with van der Waals surface area (Å²) in [6.07, 6.45) is 0.233. The Bertz CT molecular complexity index is 360. The summed E-state index contributed by atoms with van der Waals surface area (Å²) in [7, 11) is 0. The molecule has 0 aromatic carbocycles. The van der Waals surface area contributed by atoms with Crippen LogP contribution in [0.2, 0.25) is 0 Å². The van der Waals surface area contributed by atoms with Crippen molar-refractivity contribution in [1.82, 2.24) is 0 Å². The van der Waals surface area contributed by atoms with Gasteiger partial charge in [0.1, 0.15) is 6.61 Å². The van der Waals surface area contributed by atoms with Crippen molar-refractivity contribution >= 4 is 5.97 Å². The summed E-state index contributed by atoms with van der Waals surface area (Å²) >= 11 is 0. The highest BCUT2D eigenvalue weighted by atomic mass is 16.6. The fraction of sp³-hybridized carbons (Fsp3) is 0.842. The van der Waals surface area contributed by atoms with Crippen molar-refractivity contribution in [3.05, 3.63) is 12.2 Å². The minimum atomic E-state index is -0.403. The first kappa shape index (κ1) is 26.0. The van der Waals surface area contributed by atoms with Gasteiger partial charge in [-0.3, -0.25) is 0 Å². The molecule has 0 aromatic heterocycles. The first-order chi connectivity index (χ1) is 13.0. The second kappa shape index (κ2) is 19.7. The van der Waals surface area contributed by atoms with Crippen LogP contribution in [0.4, 0.5) is 0 Å². The number of carbonyl (C=O) groups is 1. The van der Waals surface area contributed by atoms with Gasteiger partial charge < -0.3 is 33.2 Å². The maximum Gasteiger partial charge on any atom is 0.333 e. The summed E-state index contributed by atoms with van der Waals surface area (Å²) in [5, 5.41) is 0. The van der Waals surface area contributed by atoms with Crippen molar-refractivity contribution in [2.45, 2.75) is 26.9 Å². The van der Waals surface area contributed by atoms with Crippen molar-refractivity contribution in [2.75, 3.05) is 79.3 Å². The molecule has 0 saturated heterocycles. The normalized spacial score (nSPS) is 11.1. The largest absolute Gasteiger partial charge is 0.460 e. The van der Waals surface area contributed by atoms with Crippen LogP contribution in [0.15, 0.2) is 12.2 Å². The first-order valence-electron chi connectivity index (χ1n) is 9.37. The Morgan fingerprint density at radius 2 is 1.00 bits per heavy atom. The van der Waals surface area contributed by atoms with E-state index in [1.165, 1.54) is 0 Å². The van der Waals surface area contributed by atoms with E-state index in [-0.39, 0.29) is 12.7 Å². The molecule has 0 N–H and O–H groups in total. The third kappa shape index (κ3) is 21.1. The van der Waals surface area contributed by atoms with Gasteiger partial charge in [0.15, 0.2) is 0 Å². The van der Waals surface area contributed by atoms with Gasteiger partial charge in [-0.1, -0.05) is 6.58 Å². The van der Waals surface area contributed by atoms with Crippen LogP contribution in [0.3, 0.4) is 0 Å². The lowest BCUT2D eigenvalue weighted by Crippen LogP contribution is -2.15. The summed E-state index contributed by atoms with van der Waals surface area (Å²) in [5.74, 6) is -0.403. The Hall–Kier alpha value is -1.03. The van der Waals surface area contributed by atoms with E-state index in [0.29, 0.717) is 78.2 Å². The molecule has 0 atom stereocenters. The average Bonchev–Trinajstić information content (AvgIpc) is 2.63. The van der Waals surface area contributed by atoms with Crippen LogP contribution in [0.5, 0.6) is 0 Å². The predicted octanol–water partition coefficient (Wildman–Crippen LogP) is 1.61. The van der Waals surface area contributed by atoms with Crippen LogP contribution >= 0.6 is 0 Å². The molecule has 0 unspecified atom stereocenters. The Kier molecular flexibility index (Phi) is 19.0. The van der Waals surface area contributed by atoms with Gasteiger partial charge in [-0.15, -0.1) is 0 Å². The average molecular weight is 392 g/mol. The minimum Gasteiger partial charge on any atom is -0.460 e. The van der Waals surface area contributed by atoms with Crippen LogP contribution in [0.25, 0.3) is 0 Å². The maximum atomic E-state index is 11.1. The van der Waals surface area contributed by atoms with E-state index in [9.17, 15) is 4.79 Å². The summed E-state index contributed by atoms with van der Waals surface area (Å²) in [6, 6.07) is 0. The van der Waals surface area contributed by atoms with Gasteiger partial charge in [0.25, 0.3) is 0 Å². The Balaban J connectivity index is 3.07. The Labute approximate surface area is 163 Å². The fourth-order valence-corrected chi connectivity index (χ4v) is 1.64. The lowest BCUT2D eigenvalue weighted by atomic mass is 10.4. The Morgan fingerprint density at radius 1 is 0.667 bits per heavy atom. The molecule has 0 aliphatic carbocycles. The highest BCUT2D eigenvalue weighted by Gasteiger charge is 2.01. The predicted molar refractivity (Wildman–Crippen MR) is 101 cm³/mol. The minimum absolute atomic E-state index is 0.214. The monoisotopic (exact) mass is 392 g/mol. The van der Waals surface area contributed by atoms with Crippen LogP contribution in [-0.2, 0) is 38.0 Å². The standard InChI is InChI=1S/C19H36O8/c1-17(2)19(20)27-16-14-25-12-10-23-8-6-21-5-7-22-9-11-24-13-15-26-18(3)4/h18H,1,5-16H2,2-4H3. The number of carbonyl (C=O) groups excluding carboxylic acids is 1. The topological polar surface area (TPSA) is 81.7 Å². The molecule has 8 nitrogen and oxygen atoms in total. The van der Waals surface area contributed by atoms with E-state index in [2.05, 4.69) is 6.58 Å². The number of rotatable bonds is 20. The number of ether oxygens (including phenoxy) is 7. The van der Waals surface area contributed by atoms with Gasteiger partial charge in [0.05, 0.1) is 78.8 Å². The fourth-order valence-electron chi connectivity index (χ4n) is 1.64. The molecule has 0 radical (unpaired) electrons. The lowest BCUT2D eigenvalue weighted by molar-refractivity contribution is -0.140. The summed E-state index contributed by atoms with van der Waals surface area (Å²) < 4.78 is 37.0. The van der Waals surface area contributed by atoms with Crippen LogP contribution in [-0.4, -0.2) is 91.4 Å². The van der Waals surface area contributed by atoms with Gasteiger partial charge in [-0.2, -0.15) is 0 Å². The van der Waals surface area contributed by atoms with Crippen molar-refractivity contribution in [2.24, 2.45) is 0 Å². The van der Waals surface area contributed by atoms with Crippen molar-refractivity contribution in [3.8, 4) is 0 Å². The highest BCUT2D eigenvalue weighted by molar-refractivity contribution is 5.86. The molecule has 0 rings (SSSR count). The smallest absolute Gasteiger partial charge is 0.333 e. The molecular weight excluding hydrogens is 356 g/mol. The zero-order chi connectivity index (χ0) is 20.2. The van der Waals surface area contributed by atoms with E-state index in [1.54, 1.807) is 6.92 Å². The zero-order valence-corrected chi connectivity index (χ0v) is 17.0. The molecule has 8 heteroatoms. The maximum absolute atomic E-state index is 11.1. The molecule has 0 aliphatic heterocycles. The van der Waals surface area contributed by atoms with Gasteiger partial charge in [0, 0.05) is 5.57 Å². The van der Waals surface area contributed by atoms with Crippen LogP contribution in [0.1, 0.15) is 20.8 Å². The first-order valence-corrected chi connectivity index (χ1v) is 9.37. The zero-order valence-electron chi connectivity index (χ0n) is 17.0. The molecule has 0 saturated carbocycles. The Morgan fingerprint density at radius 3 is 1.33 bits per heavy atom. The summed E-state index contributed by atoms with van der Waals surface area (Å²) in [4.78, 5) is 11.1. The van der Waals surface area contributed by atoms with Crippen LogP contribution < -0.4 is 0 Å². The molecule has 27 heavy (non-hydrogen) atoms. The molecule has 0 fully saturated rings. The molecule has 0 amide bonds. The molecule has 160 valence electrons. The molecular formula is C19H36O8. The van der Waals surface area contributed by atoms with Gasteiger partial charge in [-0.25, -0.2) is 4.79 Å². The molecule has 0 spiro atoms. The molecule has 0 aliphatic rings. The number of esters is 1. The van der Waals surface area contributed by atoms with E-state index >= 15 is 0 Å². The van der Waals surface area contributed by atoms with E-state index in [1.807, 2.05) is 13.8 Å². The third-order valence-corrected chi connectivity index (χ3v) is 2.98. The van der Waals surface area contributed by atoms with Gasteiger partial charge in [-0.05, 0) is 20.8 Å². The van der Waals surface area contributed by atoms with Gasteiger partial charge in [0.2, 0.25) is 0 Å². The van der Waals surface area contributed by atoms with Crippen molar-refractivity contribution < 1.29 is 38.0 Å². The molecule has 0 heterocycles. The molecule has 0 bridgehead atoms. The number of hydrogen-bond donors (Lipinski definition) is 0. The highest BCUT2D eigenvalue weighted by Crippen LogP contribution is 1.92. The van der Waals surface area contributed by atoms with Gasteiger partial charge >= 0.3 is 5.97 Å². The van der Waals surface area contributed by atoms with E-state index in [4.69, 9.17) is 33.2 Å². The van der Waals surface area contributed by atoms with E-state index in [0.717, 1.165) is 0 Å². The second-order valence-corrected chi connectivity index (χ2v) is 5.90. The van der Waals surface area contributed by atoms with Crippen molar-refractivity contribution in [3.63, 3.8) is 0 Å². The molecule has 0 aromatic rings. The van der Waals surface area contributed by atoms with Crippen LogP contribution in [0, 0.1) is 0 Å².